The van der Waals surface area contributed by atoms with Crippen LogP contribution >= 0.6 is 0 Å². The van der Waals surface area contributed by atoms with Crippen LogP contribution in [0.4, 0.5) is 0 Å². The predicted molar refractivity (Wildman–Crippen MR) is 116 cm³/mol. The molecule has 0 bridgehead atoms. The Morgan fingerprint density at radius 1 is 1.03 bits per heavy atom. The molecule has 29 heavy (non-hydrogen) atoms. The highest BCUT2D eigenvalue weighted by molar-refractivity contribution is 5.78. The fourth-order valence-electron chi connectivity index (χ4n) is 5.68. The molecule has 1 aromatic rings. The van der Waals surface area contributed by atoms with Crippen LogP contribution in [0, 0.1) is 5.92 Å². The molecule has 4 rings (SSSR count). The summed E-state index contributed by atoms with van der Waals surface area (Å²) < 4.78 is 0. The molecule has 2 aliphatic heterocycles. The van der Waals surface area contributed by atoms with Crippen molar-refractivity contribution in [2.24, 2.45) is 5.92 Å². The van der Waals surface area contributed by atoms with E-state index in [0.29, 0.717) is 25.0 Å². The lowest BCUT2D eigenvalue weighted by molar-refractivity contribution is -0.136. The summed E-state index contributed by atoms with van der Waals surface area (Å²) in [6.07, 6.45) is 7.69. The smallest absolute Gasteiger partial charge is 0.226 e. The van der Waals surface area contributed by atoms with Crippen molar-refractivity contribution in [3.63, 3.8) is 0 Å². The van der Waals surface area contributed by atoms with Crippen molar-refractivity contribution < 1.29 is 9.90 Å². The number of nitrogens with zero attached hydrogens (tertiary/aromatic N) is 3. The number of carbonyl (C=O) groups is 1. The number of piperidine rings is 2. The second kappa shape index (κ2) is 9.59. The van der Waals surface area contributed by atoms with Crippen LogP contribution < -0.4 is 0 Å². The molecule has 2 saturated heterocycles. The van der Waals surface area contributed by atoms with E-state index in [2.05, 4.69) is 34.1 Å². The molecule has 2 heterocycles. The fraction of sp³-hybridized carbons (Fsp3) is 0.708. The summed E-state index contributed by atoms with van der Waals surface area (Å²) >= 11 is 0. The first kappa shape index (κ1) is 20.8. The first-order valence-corrected chi connectivity index (χ1v) is 11.6. The number of amides is 1. The molecule has 0 saturated carbocycles. The molecule has 1 atom stereocenters. The summed E-state index contributed by atoms with van der Waals surface area (Å²) in [6.45, 7) is 5.25. The molecule has 2 fully saturated rings. The zero-order valence-corrected chi connectivity index (χ0v) is 17.9. The SMILES string of the molecule is CN(CCCO)C(=O)C1CCCN(C2CCN(C3Cc4ccccc4C3)CC2)C1. The Kier molecular flexibility index (Phi) is 6.88. The van der Waals surface area contributed by atoms with Gasteiger partial charge in [-0.1, -0.05) is 24.3 Å². The van der Waals surface area contributed by atoms with Crippen LogP contribution in [-0.2, 0) is 17.6 Å². The predicted octanol–water partition coefficient (Wildman–Crippen LogP) is 2.17. The zero-order valence-electron chi connectivity index (χ0n) is 17.9. The highest BCUT2D eigenvalue weighted by atomic mass is 16.3. The molecule has 0 spiro atoms. The van der Waals surface area contributed by atoms with Gasteiger partial charge in [-0.2, -0.15) is 0 Å². The van der Waals surface area contributed by atoms with Crippen LogP contribution in [0.25, 0.3) is 0 Å². The third-order valence-electron chi connectivity index (χ3n) is 7.39. The van der Waals surface area contributed by atoms with Crippen molar-refractivity contribution in [2.45, 2.75) is 57.0 Å². The van der Waals surface area contributed by atoms with Crippen molar-refractivity contribution in [3.8, 4) is 0 Å². The minimum absolute atomic E-state index is 0.134. The second-order valence-corrected chi connectivity index (χ2v) is 9.27. The van der Waals surface area contributed by atoms with E-state index in [9.17, 15) is 4.79 Å². The molecule has 1 unspecified atom stereocenters. The van der Waals surface area contributed by atoms with E-state index >= 15 is 0 Å². The van der Waals surface area contributed by atoms with Crippen molar-refractivity contribution >= 4 is 5.91 Å². The fourth-order valence-corrected chi connectivity index (χ4v) is 5.68. The second-order valence-electron chi connectivity index (χ2n) is 9.27. The number of benzene rings is 1. The van der Waals surface area contributed by atoms with Gasteiger partial charge < -0.3 is 10.0 Å². The molecule has 1 amide bonds. The normalized spacial score (nSPS) is 24.6. The summed E-state index contributed by atoms with van der Waals surface area (Å²) in [5.74, 6) is 0.402. The monoisotopic (exact) mass is 399 g/mol. The van der Waals surface area contributed by atoms with Crippen LogP contribution in [0.5, 0.6) is 0 Å². The minimum Gasteiger partial charge on any atom is -0.396 e. The Morgan fingerprint density at radius 3 is 2.38 bits per heavy atom. The van der Waals surface area contributed by atoms with Crippen molar-refractivity contribution in [2.75, 3.05) is 46.4 Å². The number of hydrogen-bond donors (Lipinski definition) is 1. The van der Waals surface area contributed by atoms with Gasteiger partial charge in [0.2, 0.25) is 5.91 Å². The third-order valence-corrected chi connectivity index (χ3v) is 7.39. The summed E-state index contributed by atoms with van der Waals surface area (Å²) in [7, 11) is 1.88. The molecular weight excluding hydrogens is 362 g/mol. The molecule has 0 radical (unpaired) electrons. The van der Waals surface area contributed by atoms with E-state index < -0.39 is 0 Å². The maximum absolute atomic E-state index is 12.8. The average molecular weight is 400 g/mol. The van der Waals surface area contributed by atoms with Crippen LogP contribution in [0.3, 0.4) is 0 Å². The quantitative estimate of drug-likeness (QED) is 0.796. The topological polar surface area (TPSA) is 47.0 Å². The van der Waals surface area contributed by atoms with Gasteiger partial charge in [0.1, 0.15) is 0 Å². The number of hydrogen-bond acceptors (Lipinski definition) is 4. The lowest BCUT2D eigenvalue weighted by Crippen LogP contribution is -2.52. The van der Waals surface area contributed by atoms with Crippen LogP contribution in [0.2, 0.25) is 0 Å². The molecule has 0 aromatic heterocycles. The summed E-state index contributed by atoms with van der Waals surface area (Å²) in [6, 6.07) is 10.2. The van der Waals surface area contributed by atoms with Gasteiger partial charge in [0.25, 0.3) is 0 Å². The Labute approximate surface area is 175 Å². The van der Waals surface area contributed by atoms with E-state index in [1.165, 1.54) is 38.8 Å². The number of carbonyl (C=O) groups excluding carboxylic acids is 1. The molecule has 1 aliphatic carbocycles. The number of aliphatic hydroxyl groups is 1. The third kappa shape index (κ3) is 4.84. The van der Waals surface area contributed by atoms with Gasteiger partial charge in [0.15, 0.2) is 0 Å². The van der Waals surface area contributed by atoms with Crippen LogP contribution in [0.1, 0.15) is 43.2 Å². The standard InChI is InChI=1S/C24H37N3O2/c1-25(11-5-15-28)24(29)21-8-4-12-27(18-21)22-9-13-26(14-10-22)23-16-19-6-2-3-7-20(19)17-23/h2-3,6-7,21-23,28H,4-5,8-18H2,1H3. The van der Waals surface area contributed by atoms with E-state index in [0.717, 1.165) is 25.9 Å². The minimum atomic E-state index is 0.134. The Morgan fingerprint density at radius 2 is 1.72 bits per heavy atom. The van der Waals surface area contributed by atoms with Crippen LogP contribution in [-0.4, -0.2) is 84.2 Å². The molecule has 1 N–H and O–H groups in total. The van der Waals surface area contributed by atoms with E-state index in [1.807, 2.05) is 11.9 Å². The highest BCUT2D eigenvalue weighted by Crippen LogP contribution is 2.30. The van der Waals surface area contributed by atoms with Gasteiger partial charge in [0.05, 0.1) is 5.92 Å². The maximum atomic E-state index is 12.8. The van der Waals surface area contributed by atoms with Gasteiger partial charge in [-0.3, -0.25) is 14.6 Å². The molecule has 5 nitrogen and oxygen atoms in total. The Hall–Kier alpha value is -1.43. The van der Waals surface area contributed by atoms with Gasteiger partial charge in [-0.05, 0) is 75.7 Å². The van der Waals surface area contributed by atoms with Crippen molar-refractivity contribution in [3.05, 3.63) is 35.4 Å². The number of aliphatic hydroxyl groups excluding tert-OH is 1. The molecule has 1 aromatic carbocycles. The van der Waals surface area contributed by atoms with Gasteiger partial charge >= 0.3 is 0 Å². The summed E-state index contributed by atoms with van der Waals surface area (Å²) in [5, 5.41) is 9.02. The van der Waals surface area contributed by atoms with E-state index in [4.69, 9.17) is 5.11 Å². The Bertz CT molecular complexity index is 661. The van der Waals surface area contributed by atoms with Crippen molar-refractivity contribution in [1.82, 2.24) is 14.7 Å². The maximum Gasteiger partial charge on any atom is 0.226 e. The summed E-state index contributed by atoms with van der Waals surface area (Å²) in [4.78, 5) is 19.9. The molecular formula is C24H37N3O2. The van der Waals surface area contributed by atoms with Gasteiger partial charge in [-0.25, -0.2) is 0 Å². The molecule has 160 valence electrons. The summed E-state index contributed by atoms with van der Waals surface area (Å²) in [5.41, 5.74) is 3.09. The number of rotatable bonds is 6. The van der Waals surface area contributed by atoms with Gasteiger partial charge in [-0.15, -0.1) is 0 Å². The average Bonchev–Trinajstić information content (AvgIpc) is 3.21. The first-order valence-electron chi connectivity index (χ1n) is 11.6. The number of fused-ring (bicyclic) bond motifs is 1. The van der Waals surface area contributed by atoms with E-state index in [-0.39, 0.29) is 18.4 Å². The largest absolute Gasteiger partial charge is 0.396 e. The first-order chi connectivity index (χ1) is 14.2. The lowest BCUT2D eigenvalue weighted by Gasteiger charge is -2.43. The Balaban J connectivity index is 1.26. The number of likely N-dealkylation sites (tertiary alicyclic amines) is 2. The van der Waals surface area contributed by atoms with Crippen molar-refractivity contribution in [1.29, 1.82) is 0 Å². The van der Waals surface area contributed by atoms with Gasteiger partial charge in [0, 0.05) is 38.8 Å². The molecule has 3 aliphatic rings. The molecule has 5 heteroatoms. The van der Waals surface area contributed by atoms with E-state index in [1.54, 1.807) is 11.1 Å². The highest BCUT2D eigenvalue weighted by Gasteiger charge is 2.35. The van der Waals surface area contributed by atoms with Crippen LogP contribution in [0.15, 0.2) is 24.3 Å². The lowest BCUT2D eigenvalue weighted by atomic mass is 9.92. The zero-order chi connectivity index (χ0) is 20.2.